The quantitative estimate of drug-likeness (QED) is 0.760. The zero-order chi connectivity index (χ0) is 17.2. The SMILES string of the molecule is O=C(Cc1[nH]nc2ccccc12)N1CCNCC1c1ccccc1Cl. The maximum Gasteiger partial charge on any atom is 0.229 e. The van der Waals surface area contributed by atoms with Gasteiger partial charge in [0.2, 0.25) is 5.91 Å². The molecule has 1 aromatic heterocycles. The van der Waals surface area contributed by atoms with Crippen LogP contribution in [0, 0.1) is 0 Å². The molecule has 0 saturated carbocycles. The lowest BCUT2D eigenvalue weighted by Gasteiger charge is -2.37. The molecule has 2 aromatic carbocycles. The number of amides is 1. The van der Waals surface area contributed by atoms with Gasteiger partial charge in [0.05, 0.1) is 23.7 Å². The average Bonchev–Trinajstić information content (AvgIpc) is 3.05. The Labute approximate surface area is 151 Å². The molecule has 4 rings (SSSR count). The van der Waals surface area contributed by atoms with Gasteiger partial charge in [-0.05, 0) is 17.7 Å². The summed E-state index contributed by atoms with van der Waals surface area (Å²) in [4.78, 5) is 14.9. The van der Waals surface area contributed by atoms with Crippen molar-refractivity contribution in [1.29, 1.82) is 0 Å². The fourth-order valence-corrected chi connectivity index (χ4v) is 3.69. The van der Waals surface area contributed by atoms with Crippen LogP contribution >= 0.6 is 11.6 Å². The lowest BCUT2D eigenvalue weighted by molar-refractivity contribution is -0.133. The van der Waals surface area contributed by atoms with Crippen molar-refractivity contribution in [2.45, 2.75) is 12.5 Å². The van der Waals surface area contributed by atoms with Gasteiger partial charge in [-0.1, -0.05) is 48.0 Å². The first-order valence-electron chi connectivity index (χ1n) is 8.40. The first kappa shape index (κ1) is 16.1. The number of aromatic nitrogens is 2. The topological polar surface area (TPSA) is 61.0 Å². The van der Waals surface area contributed by atoms with Crippen LogP contribution in [0.4, 0.5) is 0 Å². The van der Waals surface area contributed by atoms with Crippen molar-refractivity contribution >= 4 is 28.4 Å². The van der Waals surface area contributed by atoms with E-state index in [-0.39, 0.29) is 11.9 Å². The highest BCUT2D eigenvalue weighted by Gasteiger charge is 2.29. The largest absolute Gasteiger partial charge is 0.333 e. The van der Waals surface area contributed by atoms with Crippen molar-refractivity contribution in [3.63, 3.8) is 0 Å². The van der Waals surface area contributed by atoms with E-state index < -0.39 is 0 Å². The molecule has 1 fully saturated rings. The Morgan fingerprint density at radius 2 is 2.00 bits per heavy atom. The molecule has 2 heterocycles. The van der Waals surface area contributed by atoms with Gasteiger partial charge >= 0.3 is 0 Å². The number of rotatable bonds is 3. The normalized spacial score (nSPS) is 17.8. The molecule has 1 aliphatic rings. The average molecular weight is 355 g/mol. The molecule has 1 saturated heterocycles. The van der Waals surface area contributed by atoms with Crippen LogP contribution in [-0.4, -0.2) is 40.6 Å². The number of nitrogens with one attached hydrogen (secondary N) is 2. The molecule has 2 N–H and O–H groups in total. The molecular formula is C19H19ClN4O. The van der Waals surface area contributed by atoms with Crippen LogP contribution in [0.25, 0.3) is 10.9 Å². The van der Waals surface area contributed by atoms with E-state index in [1.54, 1.807) is 0 Å². The molecule has 0 spiro atoms. The first-order valence-corrected chi connectivity index (χ1v) is 8.78. The Bertz CT molecular complexity index is 907. The number of halogens is 1. The summed E-state index contributed by atoms with van der Waals surface area (Å²) in [5.41, 5.74) is 2.73. The second-order valence-corrected chi connectivity index (χ2v) is 6.63. The van der Waals surface area contributed by atoms with Crippen molar-refractivity contribution in [2.75, 3.05) is 19.6 Å². The van der Waals surface area contributed by atoms with E-state index >= 15 is 0 Å². The smallest absolute Gasteiger partial charge is 0.229 e. The van der Waals surface area contributed by atoms with Crippen LogP contribution in [0.3, 0.4) is 0 Å². The number of piperazine rings is 1. The Hall–Kier alpha value is -2.37. The van der Waals surface area contributed by atoms with E-state index in [0.29, 0.717) is 24.5 Å². The first-order chi connectivity index (χ1) is 12.2. The highest BCUT2D eigenvalue weighted by Crippen LogP contribution is 2.29. The van der Waals surface area contributed by atoms with Crippen LogP contribution in [0.1, 0.15) is 17.3 Å². The lowest BCUT2D eigenvalue weighted by Crippen LogP contribution is -2.49. The molecule has 5 nitrogen and oxygen atoms in total. The number of carbonyl (C=O) groups is 1. The molecule has 128 valence electrons. The predicted octanol–water partition coefficient (Wildman–Crippen LogP) is 2.93. The van der Waals surface area contributed by atoms with Gasteiger partial charge in [-0.25, -0.2) is 0 Å². The third-order valence-corrected chi connectivity index (χ3v) is 5.04. The summed E-state index contributed by atoms with van der Waals surface area (Å²) in [5.74, 6) is 0.0841. The molecular weight excluding hydrogens is 336 g/mol. The second-order valence-electron chi connectivity index (χ2n) is 6.22. The maximum absolute atomic E-state index is 13.0. The standard InChI is InChI=1S/C19H19ClN4O/c20-15-7-3-1-5-13(15)18-12-21-9-10-24(18)19(25)11-17-14-6-2-4-8-16(14)22-23-17/h1-8,18,21H,9-12H2,(H,22,23). The summed E-state index contributed by atoms with van der Waals surface area (Å²) < 4.78 is 0. The van der Waals surface area contributed by atoms with Crippen molar-refractivity contribution < 1.29 is 4.79 Å². The van der Waals surface area contributed by atoms with Crippen LogP contribution in [0.2, 0.25) is 5.02 Å². The summed E-state index contributed by atoms with van der Waals surface area (Å²) in [7, 11) is 0. The van der Waals surface area contributed by atoms with Crippen molar-refractivity contribution in [2.24, 2.45) is 0 Å². The lowest BCUT2D eigenvalue weighted by atomic mass is 10.0. The van der Waals surface area contributed by atoms with Crippen LogP contribution in [0.15, 0.2) is 48.5 Å². The predicted molar refractivity (Wildman–Crippen MR) is 98.6 cm³/mol. The molecule has 1 atom stereocenters. The van der Waals surface area contributed by atoms with Crippen LogP contribution < -0.4 is 5.32 Å². The van der Waals surface area contributed by atoms with E-state index in [0.717, 1.165) is 28.7 Å². The third-order valence-electron chi connectivity index (χ3n) is 4.70. The maximum atomic E-state index is 13.0. The number of hydrogen-bond donors (Lipinski definition) is 2. The monoisotopic (exact) mass is 354 g/mol. The van der Waals surface area contributed by atoms with Gasteiger partial charge in [-0.2, -0.15) is 5.10 Å². The minimum absolute atomic E-state index is 0.0517. The fourth-order valence-electron chi connectivity index (χ4n) is 3.43. The highest BCUT2D eigenvalue weighted by molar-refractivity contribution is 6.31. The summed E-state index contributed by atoms with van der Waals surface area (Å²) in [6.45, 7) is 2.16. The van der Waals surface area contributed by atoms with Crippen molar-refractivity contribution in [3.8, 4) is 0 Å². The molecule has 6 heteroatoms. The molecule has 0 bridgehead atoms. The van der Waals surface area contributed by atoms with Gasteiger partial charge in [-0.15, -0.1) is 0 Å². The number of fused-ring (bicyclic) bond motifs is 1. The van der Waals surface area contributed by atoms with E-state index in [1.165, 1.54) is 0 Å². The van der Waals surface area contributed by atoms with E-state index in [4.69, 9.17) is 11.6 Å². The Balaban J connectivity index is 1.60. The minimum atomic E-state index is -0.0517. The Morgan fingerprint density at radius 1 is 1.20 bits per heavy atom. The van der Waals surface area contributed by atoms with Gasteiger partial charge in [0.25, 0.3) is 0 Å². The van der Waals surface area contributed by atoms with E-state index in [2.05, 4.69) is 15.5 Å². The van der Waals surface area contributed by atoms with Crippen molar-refractivity contribution in [3.05, 3.63) is 64.8 Å². The number of carbonyl (C=O) groups excluding carboxylic acids is 1. The molecule has 0 radical (unpaired) electrons. The Morgan fingerprint density at radius 3 is 2.88 bits per heavy atom. The summed E-state index contributed by atoms with van der Waals surface area (Å²) in [6, 6.07) is 15.5. The van der Waals surface area contributed by atoms with Gasteiger partial charge in [0, 0.05) is 30.0 Å². The molecule has 1 aliphatic heterocycles. The minimum Gasteiger partial charge on any atom is -0.333 e. The Kier molecular flexibility index (Phi) is 4.42. The summed E-state index contributed by atoms with van der Waals surface area (Å²) >= 11 is 6.37. The number of H-pyrrole nitrogens is 1. The number of benzene rings is 2. The van der Waals surface area contributed by atoms with E-state index in [9.17, 15) is 4.79 Å². The van der Waals surface area contributed by atoms with Gasteiger partial charge in [-0.3, -0.25) is 9.89 Å². The highest BCUT2D eigenvalue weighted by atomic mass is 35.5. The summed E-state index contributed by atoms with van der Waals surface area (Å²) in [5, 5.41) is 12.3. The van der Waals surface area contributed by atoms with Crippen LogP contribution in [0.5, 0.6) is 0 Å². The number of aromatic amines is 1. The molecule has 1 amide bonds. The number of nitrogens with zero attached hydrogens (tertiary/aromatic N) is 2. The zero-order valence-corrected chi connectivity index (χ0v) is 14.5. The second kappa shape index (κ2) is 6.86. The van der Waals surface area contributed by atoms with Gasteiger partial charge < -0.3 is 10.2 Å². The van der Waals surface area contributed by atoms with Gasteiger partial charge in [0.1, 0.15) is 0 Å². The molecule has 25 heavy (non-hydrogen) atoms. The number of hydrogen-bond acceptors (Lipinski definition) is 3. The van der Waals surface area contributed by atoms with Crippen LogP contribution in [-0.2, 0) is 11.2 Å². The fraction of sp³-hybridized carbons (Fsp3) is 0.263. The third kappa shape index (κ3) is 3.13. The molecule has 0 aliphatic carbocycles. The summed E-state index contributed by atoms with van der Waals surface area (Å²) in [6.07, 6.45) is 0.307. The van der Waals surface area contributed by atoms with Crippen molar-refractivity contribution in [1.82, 2.24) is 20.4 Å². The van der Waals surface area contributed by atoms with Gasteiger partial charge in [0.15, 0.2) is 0 Å². The molecule has 1 unspecified atom stereocenters. The zero-order valence-electron chi connectivity index (χ0n) is 13.7. The molecule has 3 aromatic rings. The number of para-hydroxylation sites is 1. The van der Waals surface area contributed by atoms with E-state index in [1.807, 2.05) is 53.4 Å².